The second-order valence-corrected chi connectivity index (χ2v) is 7.64. The van der Waals surface area contributed by atoms with Crippen LogP contribution in [0, 0.1) is 0 Å². The lowest BCUT2D eigenvalue weighted by Crippen LogP contribution is -2.45. The summed E-state index contributed by atoms with van der Waals surface area (Å²) in [5.41, 5.74) is 3.67. The molecule has 0 saturated carbocycles. The molecule has 0 aliphatic carbocycles. The molecule has 3 rings (SSSR count). The van der Waals surface area contributed by atoms with Crippen molar-refractivity contribution in [3.63, 3.8) is 0 Å². The Labute approximate surface area is 173 Å². The molecule has 1 aliphatic rings. The van der Waals surface area contributed by atoms with Gasteiger partial charge in [0.2, 0.25) is 0 Å². The molecule has 6 nitrogen and oxygen atoms in total. The van der Waals surface area contributed by atoms with Gasteiger partial charge in [0.1, 0.15) is 0 Å². The maximum absolute atomic E-state index is 12.2. The van der Waals surface area contributed by atoms with Crippen molar-refractivity contribution in [1.82, 2.24) is 15.5 Å². The van der Waals surface area contributed by atoms with Gasteiger partial charge in [-0.05, 0) is 49.1 Å². The standard InChI is InChI=1S/C23H31N3O3/c1-16(2)25-23(27)24-14-20-19-13-22(29-4)21(28-3)12-18(19)10-11-26(20)15-17-8-6-5-7-9-17/h5-9,12-13,16,20H,10-11,14-15H2,1-4H3,(H2,24,25,27)/t20-/m1/s1. The van der Waals surface area contributed by atoms with Crippen LogP contribution in [0.5, 0.6) is 11.5 Å². The minimum absolute atomic E-state index is 0.0525. The number of rotatable bonds is 7. The number of fused-ring (bicyclic) bond motifs is 1. The van der Waals surface area contributed by atoms with Crippen LogP contribution in [0.4, 0.5) is 4.79 Å². The first-order valence-corrected chi connectivity index (χ1v) is 10.1. The molecule has 0 radical (unpaired) electrons. The van der Waals surface area contributed by atoms with Crippen LogP contribution in [0.25, 0.3) is 0 Å². The van der Waals surface area contributed by atoms with Gasteiger partial charge in [-0.25, -0.2) is 4.79 Å². The number of carbonyl (C=O) groups excluding carboxylic acids is 1. The summed E-state index contributed by atoms with van der Waals surface area (Å²) in [5, 5.41) is 5.94. The number of carbonyl (C=O) groups is 1. The topological polar surface area (TPSA) is 62.8 Å². The van der Waals surface area contributed by atoms with Crippen molar-refractivity contribution >= 4 is 6.03 Å². The molecule has 1 heterocycles. The second kappa shape index (κ2) is 9.65. The first kappa shape index (κ1) is 21.0. The van der Waals surface area contributed by atoms with E-state index in [-0.39, 0.29) is 18.1 Å². The fraction of sp³-hybridized carbons (Fsp3) is 0.435. The van der Waals surface area contributed by atoms with Crippen molar-refractivity contribution in [2.24, 2.45) is 0 Å². The summed E-state index contributed by atoms with van der Waals surface area (Å²) < 4.78 is 11.0. The lowest BCUT2D eigenvalue weighted by Gasteiger charge is -2.38. The number of ether oxygens (including phenoxy) is 2. The molecule has 156 valence electrons. The lowest BCUT2D eigenvalue weighted by atomic mass is 9.91. The number of benzene rings is 2. The van der Waals surface area contributed by atoms with Crippen molar-refractivity contribution in [3.05, 3.63) is 59.2 Å². The number of hydrogen-bond donors (Lipinski definition) is 2. The molecule has 0 saturated heterocycles. The highest BCUT2D eigenvalue weighted by atomic mass is 16.5. The molecule has 0 fully saturated rings. The number of nitrogens with one attached hydrogen (secondary N) is 2. The molecule has 0 spiro atoms. The molecular formula is C23H31N3O3. The highest BCUT2D eigenvalue weighted by molar-refractivity contribution is 5.74. The third-order valence-corrected chi connectivity index (χ3v) is 5.22. The van der Waals surface area contributed by atoms with Gasteiger partial charge >= 0.3 is 6.03 Å². The number of methoxy groups -OCH3 is 2. The quantitative estimate of drug-likeness (QED) is 0.751. The average molecular weight is 398 g/mol. The van der Waals surface area contributed by atoms with E-state index in [0.717, 1.165) is 25.3 Å². The molecule has 0 bridgehead atoms. The summed E-state index contributed by atoms with van der Waals surface area (Å²) >= 11 is 0. The third-order valence-electron chi connectivity index (χ3n) is 5.22. The summed E-state index contributed by atoms with van der Waals surface area (Å²) in [6, 6.07) is 14.5. The van der Waals surface area contributed by atoms with Crippen LogP contribution in [-0.2, 0) is 13.0 Å². The maximum Gasteiger partial charge on any atom is 0.315 e. The monoisotopic (exact) mass is 397 g/mol. The Hall–Kier alpha value is -2.73. The zero-order chi connectivity index (χ0) is 20.8. The zero-order valence-corrected chi connectivity index (χ0v) is 17.7. The van der Waals surface area contributed by atoms with Crippen molar-refractivity contribution in [2.45, 2.75) is 38.9 Å². The smallest absolute Gasteiger partial charge is 0.315 e. The molecule has 0 unspecified atom stereocenters. The Morgan fingerprint density at radius 3 is 2.48 bits per heavy atom. The summed E-state index contributed by atoms with van der Waals surface area (Å²) in [4.78, 5) is 14.6. The largest absolute Gasteiger partial charge is 0.493 e. The zero-order valence-electron chi connectivity index (χ0n) is 17.7. The van der Waals surface area contributed by atoms with Gasteiger partial charge in [0.05, 0.1) is 20.3 Å². The Kier molecular flexibility index (Phi) is 6.99. The van der Waals surface area contributed by atoms with E-state index in [2.05, 4.69) is 51.9 Å². The summed E-state index contributed by atoms with van der Waals surface area (Å²) in [6.45, 7) is 6.17. The first-order valence-electron chi connectivity index (χ1n) is 10.1. The van der Waals surface area contributed by atoms with Crippen LogP contribution in [-0.4, -0.2) is 44.3 Å². The Morgan fingerprint density at radius 2 is 1.83 bits per heavy atom. The van der Waals surface area contributed by atoms with Gasteiger partial charge in [0, 0.05) is 25.7 Å². The van der Waals surface area contributed by atoms with Gasteiger partial charge in [-0.1, -0.05) is 30.3 Å². The van der Waals surface area contributed by atoms with E-state index < -0.39 is 0 Å². The predicted molar refractivity (Wildman–Crippen MR) is 115 cm³/mol. The maximum atomic E-state index is 12.2. The van der Waals surface area contributed by atoms with Gasteiger partial charge in [-0.3, -0.25) is 4.90 Å². The van der Waals surface area contributed by atoms with Gasteiger partial charge in [-0.15, -0.1) is 0 Å². The number of nitrogens with zero attached hydrogens (tertiary/aromatic N) is 1. The summed E-state index contributed by atoms with van der Waals surface area (Å²) in [6.07, 6.45) is 0.928. The minimum Gasteiger partial charge on any atom is -0.493 e. The Bertz CT molecular complexity index is 824. The van der Waals surface area contributed by atoms with Crippen molar-refractivity contribution in [1.29, 1.82) is 0 Å². The van der Waals surface area contributed by atoms with Crippen LogP contribution in [0.15, 0.2) is 42.5 Å². The van der Waals surface area contributed by atoms with Crippen LogP contribution in [0.3, 0.4) is 0 Å². The molecule has 1 atom stereocenters. The van der Waals surface area contributed by atoms with E-state index in [1.807, 2.05) is 19.9 Å². The van der Waals surface area contributed by atoms with Crippen molar-refractivity contribution in [2.75, 3.05) is 27.3 Å². The molecule has 1 aliphatic heterocycles. The van der Waals surface area contributed by atoms with Gasteiger partial charge in [0.15, 0.2) is 11.5 Å². The molecule has 6 heteroatoms. The van der Waals surface area contributed by atoms with E-state index in [0.29, 0.717) is 12.3 Å². The SMILES string of the molecule is COc1cc2c(cc1OC)[C@@H](CNC(=O)NC(C)C)N(Cc1ccccc1)CC2. The fourth-order valence-corrected chi connectivity index (χ4v) is 3.83. The van der Waals surface area contributed by atoms with E-state index in [1.54, 1.807) is 14.2 Å². The molecule has 29 heavy (non-hydrogen) atoms. The highest BCUT2D eigenvalue weighted by Crippen LogP contribution is 2.38. The third kappa shape index (κ3) is 5.21. The van der Waals surface area contributed by atoms with Crippen LogP contribution >= 0.6 is 0 Å². The minimum atomic E-state index is -0.146. The summed E-state index contributed by atoms with van der Waals surface area (Å²) in [7, 11) is 3.31. The first-order chi connectivity index (χ1) is 14.0. The van der Waals surface area contributed by atoms with Gasteiger partial charge in [-0.2, -0.15) is 0 Å². The molecule has 2 aromatic rings. The second-order valence-electron chi connectivity index (χ2n) is 7.64. The molecule has 0 aromatic heterocycles. The fourth-order valence-electron chi connectivity index (χ4n) is 3.83. The van der Waals surface area contributed by atoms with Crippen molar-refractivity contribution < 1.29 is 14.3 Å². The van der Waals surface area contributed by atoms with Crippen LogP contribution < -0.4 is 20.1 Å². The Balaban J connectivity index is 1.88. The average Bonchev–Trinajstić information content (AvgIpc) is 2.72. The molecule has 2 aromatic carbocycles. The number of urea groups is 1. The lowest BCUT2D eigenvalue weighted by molar-refractivity contribution is 0.170. The number of hydrogen-bond acceptors (Lipinski definition) is 4. The van der Waals surface area contributed by atoms with E-state index in [1.165, 1.54) is 16.7 Å². The van der Waals surface area contributed by atoms with E-state index in [9.17, 15) is 4.79 Å². The van der Waals surface area contributed by atoms with E-state index >= 15 is 0 Å². The summed E-state index contributed by atoms with van der Waals surface area (Å²) in [5.74, 6) is 1.46. The van der Waals surface area contributed by atoms with Crippen molar-refractivity contribution in [3.8, 4) is 11.5 Å². The molecule has 2 amide bonds. The Morgan fingerprint density at radius 1 is 1.14 bits per heavy atom. The van der Waals surface area contributed by atoms with E-state index in [4.69, 9.17) is 9.47 Å². The number of amides is 2. The predicted octanol–water partition coefficient (Wildman–Crippen LogP) is 3.51. The van der Waals surface area contributed by atoms with Crippen LogP contribution in [0.2, 0.25) is 0 Å². The highest BCUT2D eigenvalue weighted by Gasteiger charge is 2.29. The van der Waals surface area contributed by atoms with Gasteiger partial charge in [0.25, 0.3) is 0 Å². The normalized spacial score (nSPS) is 16.2. The van der Waals surface area contributed by atoms with Crippen LogP contribution in [0.1, 0.15) is 36.6 Å². The molecule has 2 N–H and O–H groups in total. The van der Waals surface area contributed by atoms with Gasteiger partial charge < -0.3 is 20.1 Å². The molecular weight excluding hydrogens is 366 g/mol.